The maximum Gasteiger partial charge on any atom is 0.330 e. The Morgan fingerprint density at radius 3 is 2.52 bits per heavy atom. The van der Waals surface area contributed by atoms with Crippen molar-refractivity contribution in [3.05, 3.63) is 80.6 Å². The van der Waals surface area contributed by atoms with E-state index in [1.807, 2.05) is 44.2 Å². The van der Waals surface area contributed by atoms with Crippen LogP contribution in [0.4, 0.5) is 11.5 Å². The minimum atomic E-state index is -0.761. The van der Waals surface area contributed by atoms with Crippen LogP contribution in [0.25, 0.3) is 0 Å². The first kappa shape index (κ1) is 23.7. The number of nitrogen functional groups attached to an aromatic ring is 1. The van der Waals surface area contributed by atoms with E-state index >= 15 is 0 Å². The third kappa shape index (κ3) is 5.66. The van der Waals surface area contributed by atoms with Gasteiger partial charge in [-0.05, 0) is 25.5 Å². The molecule has 0 aliphatic rings. The summed E-state index contributed by atoms with van der Waals surface area (Å²) < 4.78 is 11.7. The van der Waals surface area contributed by atoms with Crippen LogP contribution in [-0.2, 0) is 17.8 Å². The fraction of sp³-hybridized carbons (Fsp3) is 0.304. The number of rotatable bonds is 9. The van der Waals surface area contributed by atoms with Crippen LogP contribution in [0.5, 0.6) is 5.88 Å². The Hall–Kier alpha value is -3.92. The van der Waals surface area contributed by atoms with E-state index in [1.54, 1.807) is 12.1 Å². The third-order valence-electron chi connectivity index (χ3n) is 4.77. The lowest BCUT2D eigenvalue weighted by molar-refractivity contribution is 0.0984. The summed E-state index contributed by atoms with van der Waals surface area (Å²) in [7, 11) is 1.48. The van der Waals surface area contributed by atoms with Crippen molar-refractivity contribution in [2.45, 2.75) is 33.0 Å². The van der Waals surface area contributed by atoms with Crippen LogP contribution in [0.2, 0.25) is 0 Å². The van der Waals surface area contributed by atoms with E-state index in [9.17, 15) is 14.4 Å². The number of carbonyl (C=O) groups is 1. The Balaban J connectivity index is 2.08. The largest absolute Gasteiger partial charge is 0.475 e. The van der Waals surface area contributed by atoms with E-state index in [0.29, 0.717) is 5.88 Å². The summed E-state index contributed by atoms with van der Waals surface area (Å²) >= 11 is 0. The predicted octanol–water partition coefficient (Wildman–Crippen LogP) is 1.79. The summed E-state index contributed by atoms with van der Waals surface area (Å²) in [6, 6.07) is 12.3. The topological polar surface area (TPSA) is 133 Å². The zero-order valence-electron chi connectivity index (χ0n) is 18.8. The number of hydrogen-bond donors (Lipinski definition) is 2. The van der Waals surface area contributed by atoms with Crippen molar-refractivity contribution in [3.63, 3.8) is 0 Å². The van der Waals surface area contributed by atoms with Crippen LogP contribution in [-0.4, -0.2) is 40.3 Å². The molecule has 10 heteroatoms. The molecule has 0 radical (unpaired) electrons. The number of hydrogen-bond acceptors (Lipinski definition) is 7. The molecule has 0 saturated heterocycles. The second-order valence-electron chi connectivity index (χ2n) is 7.57. The molecule has 2 aromatic heterocycles. The number of carbonyl (C=O) groups excluding carboxylic acids is 1. The van der Waals surface area contributed by atoms with Gasteiger partial charge in [-0.3, -0.25) is 24.0 Å². The Morgan fingerprint density at radius 2 is 1.91 bits per heavy atom. The molecule has 1 aromatic carbocycles. The number of nitrogens with one attached hydrogen (secondary N) is 1. The van der Waals surface area contributed by atoms with Crippen LogP contribution < -0.4 is 26.6 Å². The number of aromatic amines is 1. The number of H-pyrrole nitrogens is 1. The van der Waals surface area contributed by atoms with Crippen molar-refractivity contribution in [2.75, 3.05) is 24.4 Å². The molecule has 10 nitrogen and oxygen atoms in total. The minimum absolute atomic E-state index is 0.0552. The Labute approximate surface area is 190 Å². The van der Waals surface area contributed by atoms with Crippen LogP contribution in [0, 0.1) is 0 Å². The van der Waals surface area contributed by atoms with Crippen molar-refractivity contribution < 1.29 is 14.3 Å². The SMILES string of the molecule is COCCn1c(N)c(N(Cc2ccccc2)C(=O)c2ccc(OC(C)C)nc2)c(=O)[nH]c1=O. The standard InChI is InChI=1S/C23H27N5O5/c1-15(2)33-18-10-9-17(13-25-18)22(30)28(14-16-7-5-4-6-8-16)19-20(24)27(11-12-32-3)23(31)26-21(19)29/h4-10,13,15H,11-12,14,24H2,1-3H3,(H,26,29,31). The summed E-state index contributed by atoms with van der Waals surface area (Å²) in [6.45, 7) is 4.11. The van der Waals surface area contributed by atoms with Crippen molar-refractivity contribution in [3.8, 4) is 5.88 Å². The van der Waals surface area contributed by atoms with Crippen molar-refractivity contribution in [1.82, 2.24) is 14.5 Å². The van der Waals surface area contributed by atoms with E-state index in [1.165, 1.54) is 22.8 Å². The third-order valence-corrected chi connectivity index (χ3v) is 4.77. The quantitative estimate of drug-likeness (QED) is 0.505. The number of methoxy groups -OCH3 is 1. The Kier molecular flexibility index (Phi) is 7.62. The molecule has 33 heavy (non-hydrogen) atoms. The summed E-state index contributed by atoms with van der Waals surface area (Å²) in [5.41, 5.74) is 5.67. The maximum atomic E-state index is 13.5. The number of anilines is 2. The highest BCUT2D eigenvalue weighted by Gasteiger charge is 2.26. The van der Waals surface area contributed by atoms with Gasteiger partial charge in [-0.2, -0.15) is 0 Å². The van der Waals surface area contributed by atoms with Gasteiger partial charge in [-0.1, -0.05) is 30.3 Å². The summed E-state index contributed by atoms with van der Waals surface area (Å²) in [5.74, 6) is -0.254. The zero-order chi connectivity index (χ0) is 24.0. The number of nitrogens with two attached hydrogens (primary N) is 1. The van der Waals surface area contributed by atoms with E-state index in [2.05, 4.69) is 9.97 Å². The van der Waals surface area contributed by atoms with Gasteiger partial charge in [0, 0.05) is 19.4 Å². The van der Waals surface area contributed by atoms with Gasteiger partial charge in [0.15, 0.2) is 5.69 Å². The van der Waals surface area contributed by atoms with Gasteiger partial charge in [0.2, 0.25) is 5.88 Å². The molecule has 174 valence electrons. The van der Waals surface area contributed by atoms with Crippen LogP contribution in [0.1, 0.15) is 29.8 Å². The Morgan fingerprint density at radius 1 is 1.18 bits per heavy atom. The normalized spacial score (nSPS) is 10.9. The molecule has 0 bridgehead atoms. The molecule has 3 rings (SSSR count). The fourth-order valence-electron chi connectivity index (χ4n) is 3.24. The molecule has 0 spiro atoms. The number of benzene rings is 1. The van der Waals surface area contributed by atoms with Gasteiger partial charge in [-0.15, -0.1) is 0 Å². The molecule has 0 aliphatic carbocycles. The first-order valence-corrected chi connectivity index (χ1v) is 10.4. The van der Waals surface area contributed by atoms with Gasteiger partial charge in [0.05, 0.1) is 31.4 Å². The number of aromatic nitrogens is 3. The van der Waals surface area contributed by atoms with E-state index in [0.717, 1.165) is 5.56 Å². The van der Waals surface area contributed by atoms with E-state index in [4.69, 9.17) is 15.2 Å². The highest BCUT2D eigenvalue weighted by Crippen LogP contribution is 2.22. The molecule has 1 amide bonds. The molecule has 0 unspecified atom stereocenters. The second kappa shape index (κ2) is 10.6. The monoisotopic (exact) mass is 453 g/mol. The van der Waals surface area contributed by atoms with Crippen LogP contribution in [0.15, 0.2) is 58.3 Å². The molecule has 0 aliphatic heterocycles. The predicted molar refractivity (Wildman–Crippen MR) is 125 cm³/mol. The lowest BCUT2D eigenvalue weighted by atomic mass is 10.1. The summed E-state index contributed by atoms with van der Waals surface area (Å²) in [5, 5.41) is 0. The summed E-state index contributed by atoms with van der Waals surface area (Å²) in [6.07, 6.45) is 1.31. The molecule has 0 saturated carbocycles. The molecule has 0 atom stereocenters. The number of pyridine rings is 1. The highest BCUT2D eigenvalue weighted by molar-refractivity contribution is 6.07. The van der Waals surface area contributed by atoms with Gasteiger partial charge in [0.1, 0.15) is 5.82 Å². The molecule has 3 aromatic rings. The number of nitrogens with zero attached hydrogens (tertiary/aromatic N) is 3. The fourth-order valence-corrected chi connectivity index (χ4v) is 3.24. The van der Waals surface area contributed by atoms with Crippen molar-refractivity contribution >= 4 is 17.4 Å². The van der Waals surface area contributed by atoms with Gasteiger partial charge >= 0.3 is 5.69 Å². The van der Waals surface area contributed by atoms with E-state index < -0.39 is 17.2 Å². The van der Waals surface area contributed by atoms with Crippen molar-refractivity contribution in [1.29, 1.82) is 0 Å². The smallest absolute Gasteiger partial charge is 0.330 e. The van der Waals surface area contributed by atoms with E-state index in [-0.39, 0.29) is 42.9 Å². The first-order chi connectivity index (χ1) is 15.8. The maximum absolute atomic E-state index is 13.5. The zero-order valence-corrected chi connectivity index (χ0v) is 18.8. The molecular formula is C23H27N5O5. The molecule has 3 N–H and O–H groups in total. The molecular weight excluding hydrogens is 426 g/mol. The van der Waals surface area contributed by atoms with Gasteiger partial charge in [0.25, 0.3) is 11.5 Å². The number of ether oxygens (including phenoxy) is 2. The van der Waals surface area contributed by atoms with Gasteiger partial charge in [-0.25, -0.2) is 9.78 Å². The average Bonchev–Trinajstić information content (AvgIpc) is 2.78. The minimum Gasteiger partial charge on any atom is -0.475 e. The van der Waals surface area contributed by atoms with Crippen molar-refractivity contribution in [2.24, 2.45) is 0 Å². The molecule has 0 fully saturated rings. The lowest BCUT2D eigenvalue weighted by Crippen LogP contribution is -2.41. The second-order valence-corrected chi connectivity index (χ2v) is 7.57. The summed E-state index contributed by atoms with van der Waals surface area (Å²) in [4.78, 5) is 46.3. The van der Waals surface area contributed by atoms with Gasteiger partial charge < -0.3 is 15.2 Å². The number of amides is 1. The van der Waals surface area contributed by atoms with Crippen LogP contribution in [0.3, 0.4) is 0 Å². The molecule has 2 heterocycles. The Bertz CT molecular complexity index is 1200. The average molecular weight is 453 g/mol. The lowest BCUT2D eigenvalue weighted by Gasteiger charge is -2.25. The first-order valence-electron chi connectivity index (χ1n) is 10.4. The van der Waals surface area contributed by atoms with Crippen LogP contribution >= 0.6 is 0 Å². The highest BCUT2D eigenvalue weighted by atomic mass is 16.5.